The summed E-state index contributed by atoms with van der Waals surface area (Å²) < 4.78 is 5.71. The number of nitriles is 1. The Morgan fingerprint density at radius 2 is 2.10 bits per heavy atom. The van der Waals surface area contributed by atoms with Crippen LogP contribution in [-0.2, 0) is 16.0 Å². The first-order valence-corrected chi connectivity index (χ1v) is 10.5. The van der Waals surface area contributed by atoms with Gasteiger partial charge in [0.1, 0.15) is 34.9 Å². The molecule has 4 rings (SSSR count). The molecule has 1 fully saturated rings. The normalized spacial score (nSPS) is 17.8. The number of rotatable bonds is 6. The number of nitrogen functional groups attached to an aromatic ring is 2. The Morgan fingerprint density at radius 1 is 1.35 bits per heavy atom. The molecule has 0 unspecified atom stereocenters. The number of carbonyl (C=O) groups is 1. The van der Waals surface area contributed by atoms with E-state index < -0.39 is 0 Å². The molecule has 0 aromatic carbocycles. The lowest BCUT2D eigenvalue weighted by molar-refractivity contribution is -0.117. The first-order chi connectivity index (χ1) is 14.8. The van der Waals surface area contributed by atoms with Crippen molar-refractivity contribution in [2.24, 2.45) is 0 Å². The Kier molecular flexibility index (Phi) is 5.41. The topological polar surface area (TPSA) is 134 Å². The van der Waals surface area contributed by atoms with Crippen LogP contribution in [0.2, 0.25) is 0 Å². The maximum absolute atomic E-state index is 12.9. The molecule has 2 aromatic heterocycles. The highest BCUT2D eigenvalue weighted by atomic mass is 16.5. The van der Waals surface area contributed by atoms with Gasteiger partial charge < -0.3 is 21.1 Å². The average Bonchev–Trinajstić information content (AvgIpc) is 3.34. The molecular formula is C22H27N7O2. The van der Waals surface area contributed by atoms with Gasteiger partial charge in [-0.15, -0.1) is 0 Å². The zero-order chi connectivity index (χ0) is 22.3. The van der Waals surface area contributed by atoms with E-state index in [1.54, 1.807) is 4.90 Å². The summed E-state index contributed by atoms with van der Waals surface area (Å²) in [7, 11) is 0. The lowest BCUT2D eigenvalue weighted by Crippen LogP contribution is -2.35. The van der Waals surface area contributed by atoms with Crippen LogP contribution >= 0.6 is 0 Å². The monoisotopic (exact) mass is 421 g/mol. The summed E-state index contributed by atoms with van der Waals surface area (Å²) in [5, 5.41) is 11.1. The predicted molar refractivity (Wildman–Crippen MR) is 121 cm³/mol. The van der Waals surface area contributed by atoms with Gasteiger partial charge in [-0.2, -0.15) is 5.26 Å². The van der Waals surface area contributed by atoms with Crippen molar-refractivity contribution in [2.75, 3.05) is 47.5 Å². The third-order valence-corrected chi connectivity index (χ3v) is 5.81. The van der Waals surface area contributed by atoms with Crippen LogP contribution in [0.25, 0.3) is 10.8 Å². The molecule has 2 aliphatic heterocycles. The van der Waals surface area contributed by atoms with E-state index in [4.69, 9.17) is 16.2 Å². The molecule has 0 bridgehead atoms. The molecule has 9 heteroatoms. The largest absolute Gasteiger partial charge is 0.383 e. The van der Waals surface area contributed by atoms with Crippen LogP contribution in [0.4, 0.5) is 23.3 Å². The molecule has 2 aromatic rings. The fourth-order valence-electron chi connectivity index (χ4n) is 4.43. The minimum atomic E-state index is -0.0833. The van der Waals surface area contributed by atoms with Gasteiger partial charge in [0, 0.05) is 30.6 Å². The number of nitrogens with two attached hydrogens (primary N) is 2. The number of hydrogen-bond acceptors (Lipinski definition) is 8. The number of likely N-dealkylation sites (N-methyl/N-ethyl adjacent to an activating group) is 1. The van der Waals surface area contributed by atoms with E-state index in [1.807, 2.05) is 18.7 Å². The standard InChI is InChI=1S/C22H27N7O2/c1-4-28(10-12(2)3)21-15(9-23)17-14-8-16(30)29(11-13-6-5-7-31-13)22(14)27-20(25)18(17)19(24)26-21/h13H,2,4-8,10-11H2,1,3H3,(H2,24,26)(H2,25,27)/t13-/m0/s1. The maximum Gasteiger partial charge on any atom is 0.232 e. The van der Waals surface area contributed by atoms with Crippen LogP contribution in [0.3, 0.4) is 0 Å². The highest BCUT2D eigenvalue weighted by Crippen LogP contribution is 2.42. The molecule has 0 saturated carbocycles. The van der Waals surface area contributed by atoms with Crippen molar-refractivity contribution < 1.29 is 9.53 Å². The first kappa shape index (κ1) is 20.9. The molecule has 4 heterocycles. The molecule has 1 amide bonds. The molecule has 0 aliphatic carbocycles. The number of fused-ring (bicyclic) bond motifs is 3. The molecule has 162 valence electrons. The number of pyridine rings is 2. The summed E-state index contributed by atoms with van der Waals surface area (Å²) in [6.07, 6.45) is 2.00. The molecular weight excluding hydrogens is 394 g/mol. The van der Waals surface area contributed by atoms with E-state index in [-0.39, 0.29) is 30.1 Å². The highest BCUT2D eigenvalue weighted by Gasteiger charge is 2.36. The fourth-order valence-corrected chi connectivity index (χ4v) is 4.43. The number of nitrogens with zero attached hydrogens (tertiary/aromatic N) is 5. The van der Waals surface area contributed by atoms with Gasteiger partial charge in [-0.05, 0) is 26.7 Å². The second-order valence-electron chi connectivity index (χ2n) is 8.14. The van der Waals surface area contributed by atoms with Crippen molar-refractivity contribution in [1.82, 2.24) is 9.97 Å². The Bertz CT molecular complexity index is 1120. The zero-order valence-corrected chi connectivity index (χ0v) is 17.9. The van der Waals surface area contributed by atoms with Gasteiger partial charge in [-0.1, -0.05) is 12.2 Å². The lowest BCUT2D eigenvalue weighted by Gasteiger charge is -2.25. The predicted octanol–water partition coefficient (Wildman–Crippen LogP) is 2.14. The molecule has 0 spiro atoms. The van der Waals surface area contributed by atoms with Crippen LogP contribution in [0, 0.1) is 11.3 Å². The van der Waals surface area contributed by atoms with Crippen molar-refractivity contribution in [3.05, 3.63) is 23.3 Å². The van der Waals surface area contributed by atoms with E-state index in [2.05, 4.69) is 22.6 Å². The number of amides is 1. The number of aromatic nitrogens is 2. The minimum Gasteiger partial charge on any atom is -0.383 e. The lowest BCUT2D eigenvalue weighted by atomic mass is 10.0. The number of carbonyl (C=O) groups excluding carboxylic acids is 1. The fraction of sp³-hybridized carbons (Fsp3) is 0.455. The Morgan fingerprint density at radius 3 is 2.71 bits per heavy atom. The summed E-state index contributed by atoms with van der Waals surface area (Å²) in [6.45, 7) is 10.1. The number of hydrogen-bond donors (Lipinski definition) is 2. The Labute approximate surface area is 181 Å². The molecule has 0 radical (unpaired) electrons. The minimum absolute atomic E-state index is 0.0201. The van der Waals surface area contributed by atoms with Crippen molar-refractivity contribution in [2.45, 2.75) is 39.2 Å². The highest BCUT2D eigenvalue weighted by molar-refractivity contribution is 6.13. The van der Waals surface area contributed by atoms with Gasteiger partial charge in [0.05, 0.1) is 24.5 Å². The Hall–Kier alpha value is -3.38. The second-order valence-corrected chi connectivity index (χ2v) is 8.14. The van der Waals surface area contributed by atoms with Gasteiger partial charge in [-0.25, -0.2) is 9.97 Å². The third-order valence-electron chi connectivity index (χ3n) is 5.81. The maximum atomic E-state index is 12.9. The quantitative estimate of drug-likeness (QED) is 0.678. The van der Waals surface area contributed by atoms with Crippen molar-refractivity contribution >= 4 is 40.0 Å². The summed E-state index contributed by atoms with van der Waals surface area (Å²) in [5.74, 6) is 1.23. The van der Waals surface area contributed by atoms with Crippen LogP contribution in [0.15, 0.2) is 12.2 Å². The molecule has 4 N–H and O–H groups in total. The van der Waals surface area contributed by atoms with Crippen molar-refractivity contribution in [1.29, 1.82) is 5.26 Å². The molecule has 1 saturated heterocycles. The summed E-state index contributed by atoms with van der Waals surface area (Å²) in [4.78, 5) is 25.5. The number of anilines is 4. The van der Waals surface area contributed by atoms with Gasteiger partial charge in [0.15, 0.2) is 0 Å². The third kappa shape index (κ3) is 3.53. The van der Waals surface area contributed by atoms with Crippen molar-refractivity contribution in [3.8, 4) is 6.07 Å². The molecule has 2 aliphatic rings. The van der Waals surface area contributed by atoms with E-state index in [0.29, 0.717) is 59.8 Å². The van der Waals surface area contributed by atoms with E-state index >= 15 is 0 Å². The average molecular weight is 422 g/mol. The molecule has 9 nitrogen and oxygen atoms in total. The van der Waals surface area contributed by atoms with Crippen LogP contribution in [0.1, 0.15) is 37.8 Å². The smallest absolute Gasteiger partial charge is 0.232 e. The summed E-state index contributed by atoms with van der Waals surface area (Å²) >= 11 is 0. The van der Waals surface area contributed by atoms with Gasteiger partial charge in [-0.3, -0.25) is 9.69 Å². The van der Waals surface area contributed by atoms with E-state index in [1.165, 1.54) is 0 Å². The Balaban J connectivity index is 1.93. The zero-order valence-electron chi connectivity index (χ0n) is 17.9. The van der Waals surface area contributed by atoms with Crippen LogP contribution in [-0.4, -0.2) is 48.2 Å². The first-order valence-electron chi connectivity index (χ1n) is 10.5. The number of ether oxygens (including phenoxy) is 1. The summed E-state index contributed by atoms with van der Waals surface area (Å²) in [5.41, 5.74) is 14.5. The van der Waals surface area contributed by atoms with Gasteiger partial charge >= 0.3 is 0 Å². The molecule has 31 heavy (non-hydrogen) atoms. The van der Waals surface area contributed by atoms with Gasteiger partial charge in [0.2, 0.25) is 5.91 Å². The van der Waals surface area contributed by atoms with Gasteiger partial charge in [0.25, 0.3) is 0 Å². The van der Waals surface area contributed by atoms with E-state index in [0.717, 1.165) is 18.4 Å². The van der Waals surface area contributed by atoms with Crippen LogP contribution < -0.4 is 21.3 Å². The molecule has 1 atom stereocenters. The second kappa shape index (κ2) is 8.04. The van der Waals surface area contributed by atoms with E-state index in [9.17, 15) is 10.1 Å². The van der Waals surface area contributed by atoms with Crippen molar-refractivity contribution in [3.63, 3.8) is 0 Å². The SMILES string of the molecule is C=C(C)CN(CC)c1nc(N)c2c(N)nc3c(c2c1C#N)CC(=O)N3C[C@@H]1CCCO1. The summed E-state index contributed by atoms with van der Waals surface area (Å²) in [6, 6.07) is 2.29. The van der Waals surface area contributed by atoms with Crippen LogP contribution in [0.5, 0.6) is 0 Å².